The van der Waals surface area contributed by atoms with Crippen LogP contribution in [0.1, 0.15) is 18.5 Å². The summed E-state index contributed by atoms with van der Waals surface area (Å²) < 4.78 is 52.2. The lowest BCUT2D eigenvalue weighted by Crippen LogP contribution is -2.30. The molecule has 0 aliphatic carbocycles. The van der Waals surface area contributed by atoms with Gasteiger partial charge in [0, 0.05) is 12.1 Å². The minimum absolute atomic E-state index is 0.140. The number of carbonyl (C=O) groups excluding carboxylic acids is 1. The van der Waals surface area contributed by atoms with E-state index in [9.17, 15) is 22.4 Å². The van der Waals surface area contributed by atoms with Gasteiger partial charge in [-0.05, 0) is 36.8 Å². The zero-order chi connectivity index (χ0) is 17.0. The van der Waals surface area contributed by atoms with E-state index in [1.165, 1.54) is 6.07 Å². The van der Waals surface area contributed by atoms with Gasteiger partial charge in [0.2, 0.25) is 5.91 Å². The molecule has 7 heteroatoms. The van der Waals surface area contributed by atoms with Crippen LogP contribution in [-0.2, 0) is 4.79 Å². The van der Waals surface area contributed by atoms with Crippen LogP contribution in [0.3, 0.4) is 0 Å². The van der Waals surface area contributed by atoms with Crippen molar-refractivity contribution in [1.82, 2.24) is 5.32 Å². The number of rotatable bonds is 5. The van der Waals surface area contributed by atoms with Gasteiger partial charge in [-0.15, -0.1) is 0 Å². The molecule has 0 fully saturated rings. The van der Waals surface area contributed by atoms with Crippen LogP contribution in [0.15, 0.2) is 36.4 Å². The molecule has 2 aromatic rings. The summed E-state index contributed by atoms with van der Waals surface area (Å²) in [4.78, 5) is 11.7. The monoisotopic (exact) mass is 326 g/mol. The Bertz CT molecular complexity index is 721. The average molecular weight is 326 g/mol. The van der Waals surface area contributed by atoms with E-state index in [0.29, 0.717) is 11.6 Å². The summed E-state index contributed by atoms with van der Waals surface area (Å²) in [6, 6.07) is 5.80. The van der Waals surface area contributed by atoms with Crippen molar-refractivity contribution in [3.05, 3.63) is 65.2 Å². The standard InChI is InChI=1S/C16H14F4N2O/c1-9(10-2-4-12(18)13(19)6-10)21-8-16(23)22-15-5-3-11(17)7-14(15)20/h2-7,9,21H,8H2,1H3,(H,22,23)/t9-/m1/s1. The zero-order valence-corrected chi connectivity index (χ0v) is 12.2. The normalized spacial score (nSPS) is 12.0. The van der Waals surface area contributed by atoms with E-state index < -0.39 is 35.2 Å². The number of carbonyl (C=O) groups is 1. The maximum atomic E-state index is 13.4. The summed E-state index contributed by atoms with van der Waals surface area (Å²) >= 11 is 0. The fourth-order valence-electron chi connectivity index (χ4n) is 1.93. The zero-order valence-electron chi connectivity index (χ0n) is 12.2. The molecule has 2 aromatic carbocycles. The van der Waals surface area contributed by atoms with Gasteiger partial charge in [-0.2, -0.15) is 0 Å². The number of halogens is 4. The van der Waals surface area contributed by atoms with Gasteiger partial charge < -0.3 is 10.6 Å². The Morgan fingerprint density at radius 2 is 1.74 bits per heavy atom. The lowest BCUT2D eigenvalue weighted by molar-refractivity contribution is -0.115. The first kappa shape index (κ1) is 17.0. The summed E-state index contributed by atoms with van der Waals surface area (Å²) in [6.07, 6.45) is 0. The topological polar surface area (TPSA) is 41.1 Å². The molecule has 0 unspecified atom stereocenters. The maximum Gasteiger partial charge on any atom is 0.238 e. The van der Waals surface area contributed by atoms with Crippen LogP contribution in [0.4, 0.5) is 23.2 Å². The van der Waals surface area contributed by atoms with Gasteiger partial charge in [-0.25, -0.2) is 17.6 Å². The van der Waals surface area contributed by atoms with E-state index in [2.05, 4.69) is 10.6 Å². The van der Waals surface area contributed by atoms with Crippen molar-refractivity contribution in [2.24, 2.45) is 0 Å². The first-order valence-corrected chi connectivity index (χ1v) is 6.80. The Labute approximate surface area is 130 Å². The van der Waals surface area contributed by atoms with Crippen LogP contribution < -0.4 is 10.6 Å². The molecule has 0 aliphatic heterocycles. The summed E-state index contributed by atoms with van der Waals surface area (Å²) in [5.41, 5.74) is 0.323. The minimum atomic E-state index is -0.978. The fourth-order valence-corrected chi connectivity index (χ4v) is 1.93. The van der Waals surface area contributed by atoms with Crippen LogP contribution in [-0.4, -0.2) is 12.5 Å². The van der Waals surface area contributed by atoms with E-state index in [1.807, 2.05) is 0 Å². The van der Waals surface area contributed by atoms with Crippen molar-refractivity contribution >= 4 is 11.6 Å². The molecular formula is C16H14F4N2O. The highest BCUT2D eigenvalue weighted by Crippen LogP contribution is 2.16. The van der Waals surface area contributed by atoms with Gasteiger partial charge in [0.25, 0.3) is 0 Å². The Hall–Kier alpha value is -2.41. The second-order valence-corrected chi connectivity index (χ2v) is 4.95. The highest BCUT2D eigenvalue weighted by atomic mass is 19.2. The summed E-state index contributed by atoms with van der Waals surface area (Å²) in [5, 5.41) is 5.09. The molecule has 23 heavy (non-hydrogen) atoms. The van der Waals surface area contributed by atoms with E-state index in [4.69, 9.17) is 0 Å². The average Bonchev–Trinajstić information content (AvgIpc) is 2.50. The van der Waals surface area contributed by atoms with Gasteiger partial charge in [-0.1, -0.05) is 6.07 Å². The number of hydrogen-bond donors (Lipinski definition) is 2. The molecule has 122 valence electrons. The minimum Gasteiger partial charge on any atom is -0.322 e. The summed E-state index contributed by atoms with van der Waals surface area (Å²) in [5.74, 6) is -4.11. The van der Waals surface area contributed by atoms with E-state index in [1.54, 1.807) is 6.92 Å². The van der Waals surface area contributed by atoms with Crippen molar-refractivity contribution < 1.29 is 22.4 Å². The van der Waals surface area contributed by atoms with Crippen molar-refractivity contribution in [3.63, 3.8) is 0 Å². The molecular weight excluding hydrogens is 312 g/mol. The molecule has 3 nitrogen and oxygen atoms in total. The SMILES string of the molecule is C[C@@H](NCC(=O)Nc1ccc(F)cc1F)c1ccc(F)c(F)c1. The van der Waals surface area contributed by atoms with Gasteiger partial charge in [0.1, 0.15) is 11.6 Å². The van der Waals surface area contributed by atoms with E-state index >= 15 is 0 Å². The molecule has 0 radical (unpaired) electrons. The third-order valence-corrected chi connectivity index (χ3v) is 3.22. The lowest BCUT2D eigenvalue weighted by atomic mass is 10.1. The van der Waals surface area contributed by atoms with Crippen molar-refractivity contribution in [1.29, 1.82) is 0 Å². The summed E-state index contributed by atoms with van der Waals surface area (Å²) in [7, 11) is 0. The molecule has 0 aliphatic rings. The molecule has 0 aromatic heterocycles. The molecule has 1 atom stereocenters. The Balaban J connectivity index is 1.91. The van der Waals surface area contributed by atoms with Crippen LogP contribution >= 0.6 is 0 Å². The third kappa shape index (κ3) is 4.53. The number of amides is 1. The smallest absolute Gasteiger partial charge is 0.238 e. The van der Waals surface area contributed by atoms with Gasteiger partial charge in [-0.3, -0.25) is 4.79 Å². The number of benzene rings is 2. The van der Waals surface area contributed by atoms with Gasteiger partial charge in [0.15, 0.2) is 11.6 Å². The first-order valence-electron chi connectivity index (χ1n) is 6.80. The molecule has 2 N–H and O–H groups in total. The maximum absolute atomic E-state index is 13.4. The number of hydrogen-bond acceptors (Lipinski definition) is 2. The van der Waals surface area contributed by atoms with Crippen LogP contribution in [0.5, 0.6) is 0 Å². The Kier molecular flexibility index (Phi) is 5.33. The molecule has 1 amide bonds. The number of anilines is 1. The lowest BCUT2D eigenvalue weighted by Gasteiger charge is -2.14. The van der Waals surface area contributed by atoms with E-state index in [0.717, 1.165) is 24.3 Å². The molecule has 0 heterocycles. The Morgan fingerprint density at radius 1 is 1.00 bits per heavy atom. The quantitative estimate of drug-likeness (QED) is 0.825. The van der Waals surface area contributed by atoms with Crippen LogP contribution in [0.2, 0.25) is 0 Å². The van der Waals surface area contributed by atoms with Crippen LogP contribution in [0.25, 0.3) is 0 Å². The second-order valence-electron chi connectivity index (χ2n) is 4.95. The highest BCUT2D eigenvalue weighted by molar-refractivity contribution is 5.92. The van der Waals surface area contributed by atoms with Gasteiger partial charge >= 0.3 is 0 Å². The first-order chi connectivity index (χ1) is 10.9. The van der Waals surface area contributed by atoms with E-state index in [-0.39, 0.29) is 12.2 Å². The van der Waals surface area contributed by atoms with Crippen molar-refractivity contribution in [3.8, 4) is 0 Å². The second kappa shape index (κ2) is 7.23. The molecule has 2 rings (SSSR count). The Morgan fingerprint density at radius 3 is 2.39 bits per heavy atom. The van der Waals surface area contributed by atoms with Crippen molar-refractivity contribution in [2.75, 3.05) is 11.9 Å². The molecule has 0 spiro atoms. The molecule has 0 saturated carbocycles. The summed E-state index contributed by atoms with van der Waals surface area (Å²) in [6.45, 7) is 1.48. The molecule has 0 saturated heterocycles. The predicted molar refractivity (Wildman–Crippen MR) is 77.8 cm³/mol. The van der Waals surface area contributed by atoms with Crippen molar-refractivity contribution in [2.45, 2.75) is 13.0 Å². The fraction of sp³-hybridized carbons (Fsp3) is 0.188. The number of nitrogens with one attached hydrogen (secondary N) is 2. The van der Waals surface area contributed by atoms with Gasteiger partial charge in [0.05, 0.1) is 12.2 Å². The van der Waals surface area contributed by atoms with Crippen LogP contribution in [0, 0.1) is 23.3 Å². The molecule has 0 bridgehead atoms. The highest BCUT2D eigenvalue weighted by Gasteiger charge is 2.12. The predicted octanol–water partition coefficient (Wildman–Crippen LogP) is 3.53. The largest absolute Gasteiger partial charge is 0.322 e. The third-order valence-electron chi connectivity index (χ3n) is 3.22.